The number of ether oxygens (including phenoxy) is 1. The molecule has 2 aromatic rings. The molecule has 0 aliphatic rings. The molecular weight excluding hydrogens is 345 g/mol. The van der Waals surface area contributed by atoms with Crippen molar-refractivity contribution in [3.8, 4) is 0 Å². The first-order valence-corrected chi connectivity index (χ1v) is 8.19. The van der Waals surface area contributed by atoms with E-state index in [1.54, 1.807) is 0 Å². The molecule has 0 atom stereocenters. The van der Waals surface area contributed by atoms with Crippen molar-refractivity contribution in [1.82, 2.24) is 10.3 Å². The maximum absolute atomic E-state index is 12.6. The smallest absolute Gasteiger partial charge is 0.374 e. The van der Waals surface area contributed by atoms with Crippen LogP contribution in [0, 0.1) is 6.92 Å². The van der Waals surface area contributed by atoms with Crippen molar-refractivity contribution in [3.05, 3.63) is 64.5 Å². The van der Waals surface area contributed by atoms with Crippen LogP contribution in [-0.2, 0) is 24.1 Å². The Labute approximate surface area is 150 Å². The quantitative estimate of drug-likeness (QED) is 0.831. The Kier molecular flexibility index (Phi) is 6.37. The van der Waals surface area contributed by atoms with E-state index in [1.807, 2.05) is 38.1 Å². The molecule has 1 heterocycles. The number of carbonyl (C=O) groups excluding carboxylic acids is 1. The zero-order valence-electron chi connectivity index (χ0n) is 14.9. The molecule has 2 rings (SSSR count). The number of rotatable bonds is 6. The third kappa shape index (κ3) is 5.56. The molecule has 1 N–H and O–H groups in total. The fraction of sp³-hybridized carbons (Fsp3) is 0.368. The first kappa shape index (κ1) is 19.9. The number of alkyl halides is 3. The molecule has 1 aromatic heterocycles. The number of pyridine rings is 1. The Morgan fingerprint density at radius 1 is 1.19 bits per heavy atom. The maximum Gasteiger partial charge on any atom is 0.433 e. The number of nitrogens with zero attached hydrogens (tertiary/aromatic N) is 1. The standard InChI is InChI=1S/C19H21F3N2O2/c1-12(2)26-11-15-6-4-5-14(9-15)10-23-18(25)16-7-8-17(19(20,21)22)24-13(16)3/h4-9,12H,10-11H2,1-3H3,(H,23,25). The minimum Gasteiger partial charge on any atom is -0.374 e. The largest absolute Gasteiger partial charge is 0.433 e. The van der Waals surface area contributed by atoms with Gasteiger partial charge in [0.2, 0.25) is 0 Å². The summed E-state index contributed by atoms with van der Waals surface area (Å²) in [6.07, 6.45) is -4.41. The van der Waals surface area contributed by atoms with E-state index in [4.69, 9.17) is 4.74 Å². The van der Waals surface area contributed by atoms with Crippen molar-refractivity contribution in [3.63, 3.8) is 0 Å². The Balaban J connectivity index is 2.02. The average molecular weight is 366 g/mol. The van der Waals surface area contributed by atoms with Gasteiger partial charge in [-0.25, -0.2) is 4.98 Å². The van der Waals surface area contributed by atoms with Crippen LogP contribution in [0.15, 0.2) is 36.4 Å². The molecule has 0 spiro atoms. The molecule has 4 nitrogen and oxygen atoms in total. The highest BCUT2D eigenvalue weighted by molar-refractivity contribution is 5.95. The van der Waals surface area contributed by atoms with Gasteiger partial charge in [0.15, 0.2) is 0 Å². The molecule has 0 bridgehead atoms. The van der Waals surface area contributed by atoms with Crippen LogP contribution in [-0.4, -0.2) is 17.0 Å². The minimum absolute atomic E-state index is 0.0383. The molecule has 26 heavy (non-hydrogen) atoms. The van der Waals surface area contributed by atoms with Crippen molar-refractivity contribution in [1.29, 1.82) is 0 Å². The summed E-state index contributed by atoms with van der Waals surface area (Å²) in [5.74, 6) is -0.465. The monoisotopic (exact) mass is 366 g/mol. The third-order valence-electron chi connectivity index (χ3n) is 3.65. The van der Waals surface area contributed by atoms with E-state index in [1.165, 1.54) is 6.92 Å². The number of halogens is 3. The second-order valence-corrected chi connectivity index (χ2v) is 6.19. The average Bonchev–Trinajstić information content (AvgIpc) is 2.57. The van der Waals surface area contributed by atoms with Crippen molar-refractivity contribution >= 4 is 5.91 Å². The number of hydrogen-bond donors (Lipinski definition) is 1. The lowest BCUT2D eigenvalue weighted by Gasteiger charge is -2.11. The van der Waals surface area contributed by atoms with E-state index >= 15 is 0 Å². The van der Waals surface area contributed by atoms with Crippen LogP contribution in [0.25, 0.3) is 0 Å². The number of carbonyl (C=O) groups is 1. The van der Waals surface area contributed by atoms with Gasteiger partial charge in [-0.15, -0.1) is 0 Å². The van der Waals surface area contributed by atoms with Gasteiger partial charge >= 0.3 is 6.18 Å². The van der Waals surface area contributed by atoms with Gasteiger partial charge in [-0.2, -0.15) is 13.2 Å². The fourth-order valence-corrected chi connectivity index (χ4v) is 2.33. The van der Waals surface area contributed by atoms with Crippen LogP contribution < -0.4 is 5.32 Å². The highest BCUT2D eigenvalue weighted by Crippen LogP contribution is 2.28. The van der Waals surface area contributed by atoms with Crippen LogP contribution >= 0.6 is 0 Å². The topological polar surface area (TPSA) is 51.2 Å². The first-order valence-electron chi connectivity index (χ1n) is 8.19. The van der Waals surface area contributed by atoms with Crippen LogP contribution in [0.5, 0.6) is 0 Å². The van der Waals surface area contributed by atoms with E-state index in [9.17, 15) is 18.0 Å². The summed E-state index contributed by atoms with van der Waals surface area (Å²) in [5, 5.41) is 2.71. The number of benzene rings is 1. The van der Waals surface area contributed by atoms with Gasteiger partial charge in [0.25, 0.3) is 5.91 Å². The van der Waals surface area contributed by atoms with Crippen LogP contribution in [0.1, 0.15) is 46.7 Å². The Morgan fingerprint density at radius 2 is 1.88 bits per heavy atom. The summed E-state index contributed by atoms with van der Waals surface area (Å²) in [4.78, 5) is 15.7. The van der Waals surface area contributed by atoms with Crippen LogP contribution in [0.3, 0.4) is 0 Å². The molecular formula is C19H21F3N2O2. The van der Waals surface area contributed by atoms with Gasteiger partial charge in [-0.1, -0.05) is 24.3 Å². The molecule has 1 amide bonds. The number of aromatic nitrogens is 1. The fourth-order valence-electron chi connectivity index (χ4n) is 2.33. The lowest BCUT2D eigenvalue weighted by atomic mass is 10.1. The molecule has 0 saturated heterocycles. The number of amides is 1. The van der Waals surface area contributed by atoms with Gasteiger partial charge in [0, 0.05) is 6.54 Å². The summed E-state index contributed by atoms with van der Waals surface area (Å²) in [6.45, 7) is 6.01. The molecule has 7 heteroatoms. The second-order valence-electron chi connectivity index (χ2n) is 6.19. The van der Waals surface area contributed by atoms with E-state index in [0.29, 0.717) is 6.61 Å². The minimum atomic E-state index is -4.53. The molecule has 0 radical (unpaired) electrons. The van der Waals surface area contributed by atoms with Gasteiger partial charge < -0.3 is 10.1 Å². The molecule has 140 valence electrons. The summed E-state index contributed by atoms with van der Waals surface area (Å²) < 4.78 is 43.5. The summed E-state index contributed by atoms with van der Waals surface area (Å²) in [5.41, 5.74) is 1.01. The highest BCUT2D eigenvalue weighted by atomic mass is 19.4. The van der Waals surface area contributed by atoms with E-state index in [-0.39, 0.29) is 23.9 Å². The lowest BCUT2D eigenvalue weighted by molar-refractivity contribution is -0.141. The SMILES string of the molecule is Cc1nc(C(F)(F)F)ccc1C(=O)NCc1cccc(COC(C)C)c1. The molecule has 0 fully saturated rings. The van der Waals surface area contributed by atoms with Crippen molar-refractivity contribution < 1.29 is 22.7 Å². The van der Waals surface area contributed by atoms with Gasteiger partial charge in [-0.3, -0.25) is 4.79 Å². The zero-order valence-corrected chi connectivity index (χ0v) is 14.9. The molecule has 1 aromatic carbocycles. The van der Waals surface area contributed by atoms with Crippen LogP contribution in [0.2, 0.25) is 0 Å². The third-order valence-corrected chi connectivity index (χ3v) is 3.65. The molecule has 0 saturated carbocycles. The Bertz CT molecular complexity index is 774. The number of hydrogen-bond acceptors (Lipinski definition) is 3. The van der Waals surface area contributed by atoms with Gasteiger partial charge in [0.1, 0.15) is 5.69 Å². The van der Waals surface area contributed by atoms with E-state index < -0.39 is 17.8 Å². The van der Waals surface area contributed by atoms with Crippen molar-refractivity contribution in [2.45, 2.75) is 46.2 Å². The molecule has 0 aliphatic heterocycles. The normalized spacial score (nSPS) is 11.7. The van der Waals surface area contributed by atoms with Gasteiger partial charge in [0.05, 0.1) is 24.0 Å². The zero-order chi connectivity index (χ0) is 19.3. The van der Waals surface area contributed by atoms with Crippen molar-refractivity contribution in [2.75, 3.05) is 0 Å². The maximum atomic E-state index is 12.6. The number of aryl methyl sites for hydroxylation is 1. The Morgan fingerprint density at radius 3 is 2.50 bits per heavy atom. The highest BCUT2D eigenvalue weighted by Gasteiger charge is 2.33. The van der Waals surface area contributed by atoms with E-state index in [2.05, 4.69) is 10.3 Å². The predicted octanol–water partition coefficient (Wildman–Crippen LogP) is 4.26. The lowest BCUT2D eigenvalue weighted by Crippen LogP contribution is -2.24. The molecule has 0 unspecified atom stereocenters. The summed E-state index contributed by atoms with van der Waals surface area (Å²) in [7, 11) is 0. The predicted molar refractivity (Wildman–Crippen MR) is 91.5 cm³/mol. The summed E-state index contributed by atoms with van der Waals surface area (Å²) >= 11 is 0. The summed E-state index contributed by atoms with van der Waals surface area (Å²) in [6, 6.07) is 9.53. The first-order chi connectivity index (χ1) is 12.2. The van der Waals surface area contributed by atoms with Gasteiger partial charge in [-0.05, 0) is 44.0 Å². The second kappa shape index (κ2) is 8.31. The number of nitrogens with one attached hydrogen (secondary N) is 1. The van der Waals surface area contributed by atoms with E-state index in [0.717, 1.165) is 23.3 Å². The van der Waals surface area contributed by atoms with Crippen LogP contribution in [0.4, 0.5) is 13.2 Å². The Hall–Kier alpha value is -2.41. The van der Waals surface area contributed by atoms with Crippen molar-refractivity contribution in [2.24, 2.45) is 0 Å². The molecule has 0 aliphatic carbocycles.